The number of rotatable bonds is 7. The number of hydrogen-bond donors (Lipinski definition) is 0. The van der Waals surface area contributed by atoms with Crippen molar-refractivity contribution >= 4 is 23.8 Å². The molecule has 2 heterocycles. The molecule has 2 aliphatic heterocycles. The second kappa shape index (κ2) is 19.2. The molecule has 9 nitrogen and oxygen atoms in total. The molecule has 4 aliphatic rings. The third-order valence-electron chi connectivity index (χ3n) is 10.4. The van der Waals surface area contributed by atoms with Crippen LogP contribution in [0.25, 0.3) is 0 Å². The molecule has 2 aliphatic carbocycles. The Morgan fingerprint density at radius 1 is 0.830 bits per heavy atom. The minimum Gasteiger partial charge on any atom is -0.449 e. The number of allylic oxidation sites excluding steroid dienone is 4. The predicted molar refractivity (Wildman–Crippen MR) is 184 cm³/mol. The fourth-order valence-corrected chi connectivity index (χ4v) is 7.42. The molecule has 0 N–H and O–H groups in total. The van der Waals surface area contributed by atoms with Gasteiger partial charge in [-0.05, 0) is 63.9 Å². The summed E-state index contributed by atoms with van der Waals surface area (Å²) in [4.78, 5) is 58.0. The van der Waals surface area contributed by atoms with Crippen LogP contribution in [0.15, 0.2) is 36.0 Å². The molecule has 0 aromatic rings. The number of amides is 2. The lowest BCUT2D eigenvalue weighted by molar-refractivity contribution is -0.139. The van der Waals surface area contributed by atoms with Crippen LogP contribution >= 0.6 is 0 Å². The minimum absolute atomic E-state index is 0.00629. The molecule has 262 valence electrons. The average Bonchev–Trinajstić information content (AvgIpc) is 3.48. The van der Waals surface area contributed by atoms with E-state index in [9.17, 15) is 19.2 Å². The Balaban J connectivity index is 1.34. The summed E-state index contributed by atoms with van der Waals surface area (Å²) in [5, 5.41) is 0. The van der Waals surface area contributed by atoms with E-state index in [4.69, 9.17) is 9.47 Å². The Morgan fingerprint density at radius 3 is 2.17 bits per heavy atom. The van der Waals surface area contributed by atoms with Crippen LogP contribution in [-0.2, 0) is 19.1 Å². The maximum absolute atomic E-state index is 13.4. The number of piperazine rings is 1. The van der Waals surface area contributed by atoms with Gasteiger partial charge in [0.05, 0.1) is 12.5 Å². The van der Waals surface area contributed by atoms with Crippen molar-refractivity contribution in [3.05, 3.63) is 36.0 Å². The van der Waals surface area contributed by atoms with Crippen LogP contribution in [0.2, 0.25) is 0 Å². The molecule has 2 amide bonds. The number of ketones is 2. The van der Waals surface area contributed by atoms with Gasteiger partial charge in [-0.3, -0.25) is 14.5 Å². The third-order valence-corrected chi connectivity index (χ3v) is 10.4. The summed E-state index contributed by atoms with van der Waals surface area (Å²) in [5.74, 6) is -1.52. The summed E-state index contributed by atoms with van der Waals surface area (Å²) in [5.41, 5.74) is 0.801. The summed E-state index contributed by atoms with van der Waals surface area (Å²) in [6, 6.07) is 0.648. The lowest BCUT2D eigenvalue weighted by Gasteiger charge is -2.39. The van der Waals surface area contributed by atoms with Gasteiger partial charge >= 0.3 is 12.2 Å². The van der Waals surface area contributed by atoms with Gasteiger partial charge in [-0.2, -0.15) is 0 Å². The van der Waals surface area contributed by atoms with Gasteiger partial charge in [-0.15, -0.1) is 0 Å². The van der Waals surface area contributed by atoms with E-state index in [-0.39, 0.29) is 54.7 Å². The topological polar surface area (TPSA) is 96.5 Å². The number of nitrogens with zero attached hydrogens (tertiary/aromatic N) is 3. The van der Waals surface area contributed by atoms with E-state index < -0.39 is 5.92 Å². The molecule has 3 fully saturated rings. The Hall–Kier alpha value is -2.94. The van der Waals surface area contributed by atoms with Crippen LogP contribution in [0.3, 0.4) is 0 Å². The van der Waals surface area contributed by atoms with Gasteiger partial charge in [0.2, 0.25) is 5.78 Å². The lowest BCUT2D eigenvalue weighted by atomic mass is 9.81. The summed E-state index contributed by atoms with van der Waals surface area (Å²) in [7, 11) is 0. The van der Waals surface area contributed by atoms with Crippen molar-refractivity contribution < 1.29 is 28.7 Å². The van der Waals surface area contributed by atoms with E-state index >= 15 is 0 Å². The summed E-state index contributed by atoms with van der Waals surface area (Å²) < 4.78 is 11.5. The molecule has 0 bridgehead atoms. The van der Waals surface area contributed by atoms with Gasteiger partial charge in [0.15, 0.2) is 5.78 Å². The molecule has 0 aromatic carbocycles. The van der Waals surface area contributed by atoms with Gasteiger partial charge in [-0.1, -0.05) is 75.8 Å². The lowest BCUT2D eigenvalue weighted by Crippen LogP contribution is -2.52. The van der Waals surface area contributed by atoms with Crippen molar-refractivity contribution in [2.75, 3.05) is 45.9 Å². The minimum atomic E-state index is -0.598. The van der Waals surface area contributed by atoms with Crippen LogP contribution in [0.4, 0.5) is 9.59 Å². The van der Waals surface area contributed by atoms with Gasteiger partial charge in [0.25, 0.3) is 0 Å². The second-order valence-corrected chi connectivity index (χ2v) is 14.2. The van der Waals surface area contributed by atoms with Crippen molar-refractivity contribution in [2.45, 2.75) is 116 Å². The predicted octanol–water partition coefficient (Wildman–Crippen LogP) is 7.11. The summed E-state index contributed by atoms with van der Waals surface area (Å²) >= 11 is 0. The Bertz CT molecular complexity index is 1130. The molecule has 9 heteroatoms. The molecule has 0 radical (unpaired) electrons. The zero-order valence-corrected chi connectivity index (χ0v) is 29.2. The number of ether oxygens (including phenoxy) is 2. The van der Waals surface area contributed by atoms with Crippen molar-refractivity contribution in [1.82, 2.24) is 14.7 Å². The second-order valence-electron chi connectivity index (χ2n) is 14.2. The fraction of sp³-hybridized carbons (Fsp3) is 0.737. The first-order chi connectivity index (χ1) is 22.7. The Labute approximate surface area is 282 Å². The van der Waals surface area contributed by atoms with Crippen LogP contribution in [0.5, 0.6) is 0 Å². The van der Waals surface area contributed by atoms with E-state index in [0.717, 1.165) is 57.4 Å². The van der Waals surface area contributed by atoms with Gasteiger partial charge in [0, 0.05) is 57.6 Å². The SMILES string of the molecule is C/C(=C\C=C\[C@@H](C)COC(=O)N1CCCC1)[C@H]1C(=O)C(=O)CCCCC[C@@H](OC(=O)N2CCN(C3CCCCCC3)CC2)/C=C/[C@@H]1C. The number of hydrogen-bond acceptors (Lipinski definition) is 7. The third kappa shape index (κ3) is 11.6. The van der Waals surface area contributed by atoms with E-state index in [1.54, 1.807) is 4.90 Å². The maximum atomic E-state index is 13.4. The Morgan fingerprint density at radius 2 is 1.47 bits per heavy atom. The highest BCUT2D eigenvalue weighted by Crippen LogP contribution is 2.27. The molecule has 0 aromatic heterocycles. The highest BCUT2D eigenvalue weighted by Gasteiger charge is 2.31. The molecule has 4 atom stereocenters. The standard InChI is InChI=1S/C38H59N3O6/c1-29(28-46-37(44)40-22-11-12-23-40)14-13-15-30(2)35-31(3)20-21-33(18-9-6-10-19-34(42)36(35)43)47-38(45)41-26-24-39(25-27-41)32-16-7-4-5-8-17-32/h13-15,20-21,29,31-33,35H,4-12,16-19,22-28H2,1-3H3/b14-13+,21-20+,30-15+/t29-,31+,33-,35-/m1/s1. The summed E-state index contributed by atoms with van der Waals surface area (Å²) in [6.45, 7) is 10.8. The van der Waals surface area contributed by atoms with E-state index in [2.05, 4.69) is 4.90 Å². The maximum Gasteiger partial charge on any atom is 0.410 e. The zero-order valence-electron chi connectivity index (χ0n) is 29.2. The van der Waals surface area contributed by atoms with Crippen LogP contribution < -0.4 is 0 Å². The quantitative estimate of drug-likeness (QED) is 0.125. The number of carbonyl (C=O) groups is 4. The summed E-state index contributed by atoms with van der Waals surface area (Å²) in [6.07, 6.45) is 21.8. The Kier molecular flexibility index (Phi) is 15.0. The molecule has 0 spiro atoms. The van der Waals surface area contributed by atoms with Gasteiger partial charge in [0.1, 0.15) is 6.10 Å². The van der Waals surface area contributed by atoms with Crippen LogP contribution in [-0.4, -0.2) is 96.5 Å². The van der Waals surface area contributed by atoms with Crippen molar-refractivity contribution in [1.29, 1.82) is 0 Å². The number of carbonyl (C=O) groups excluding carboxylic acids is 4. The number of Topliss-reactive ketones (excluding diaryl/α,β-unsaturated/α-hetero) is 2. The normalized spacial score (nSPS) is 28.0. The fourth-order valence-electron chi connectivity index (χ4n) is 7.42. The first kappa shape index (κ1) is 36.9. The largest absolute Gasteiger partial charge is 0.449 e. The smallest absolute Gasteiger partial charge is 0.410 e. The van der Waals surface area contributed by atoms with Crippen molar-refractivity contribution in [3.63, 3.8) is 0 Å². The van der Waals surface area contributed by atoms with Gasteiger partial charge in [-0.25, -0.2) is 9.59 Å². The molecule has 0 unspecified atom stereocenters. The van der Waals surface area contributed by atoms with Crippen molar-refractivity contribution in [3.8, 4) is 0 Å². The molecule has 2 saturated heterocycles. The van der Waals surface area contributed by atoms with Crippen LogP contribution in [0.1, 0.15) is 104 Å². The van der Waals surface area contributed by atoms with Gasteiger partial charge < -0.3 is 19.3 Å². The first-order valence-corrected chi connectivity index (χ1v) is 18.4. The molecular formula is C38H59N3O6. The van der Waals surface area contributed by atoms with E-state index in [1.165, 1.54) is 38.5 Å². The monoisotopic (exact) mass is 653 g/mol. The highest BCUT2D eigenvalue weighted by atomic mass is 16.6. The van der Waals surface area contributed by atoms with E-state index in [0.29, 0.717) is 32.0 Å². The number of likely N-dealkylation sites (tertiary alicyclic amines) is 1. The van der Waals surface area contributed by atoms with Crippen LogP contribution in [0, 0.1) is 17.8 Å². The highest BCUT2D eigenvalue weighted by molar-refractivity contribution is 6.38. The molecule has 47 heavy (non-hydrogen) atoms. The van der Waals surface area contributed by atoms with Crippen molar-refractivity contribution in [2.24, 2.45) is 17.8 Å². The molecule has 1 saturated carbocycles. The molecule has 4 rings (SSSR count). The van der Waals surface area contributed by atoms with E-state index in [1.807, 2.05) is 56.1 Å². The molecular weight excluding hydrogens is 594 g/mol. The zero-order chi connectivity index (χ0) is 33.6. The average molecular weight is 654 g/mol. The first-order valence-electron chi connectivity index (χ1n) is 18.4.